The average Bonchev–Trinajstić information content (AvgIpc) is 2.73. The molecule has 18 heavy (non-hydrogen) atoms. The summed E-state index contributed by atoms with van der Waals surface area (Å²) in [6.07, 6.45) is 0. The summed E-state index contributed by atoms with van der Waals surface area (Å²) in [5.41, 5.74) is 0.484. The summed E-state index contributed by atoms with van der Waals surface area (Å²) in [6, 6.07) is 0. The van der Waals surface area contributed by atoms with Gasteiger partial charge in [0.05, 0.1) is 12.3 Å². The highest BCUT2D eigenvalue weighted by atomic mass is 16.5. The van der Waals surface area contributed by atoms with E-state index in [9.17, 15) is 9.59 Å². The molecule has 0 unspecified atom stereocenters. The molecule has 0 aromatic carbocycles. The van der Waals surface area contributed by atoms with Gasteiger partial charge in [0.1, 0.15) is 5.56 Å². The molecule has 0 fully saturated rings. The molecule has 0 saturated carbocycles. The summed E-state index contributed by atoms with van der Waals surface area (Å²) >= 11 is 0. The highest BCUT2D eigenvalue weighted by Crippen LogP contribution is 2.17. The Hall–Kier alpha value is -1.85. The summed E-state index contributed by atoms with van der Waals surface area (Å²) in [5.74, 6) is -0.968. The van der Waals surface area contributed by atoms with Gasteiger partial charge in [-0.2, -0.15) is 0 Å². The van der Waals surface area contributed by atoms with Crippen LogP contribution in [0.25, 0.3) is 0 Å². The smallest absolute Gasteiger partial charge is 0.344 e. The number of carbonyl (C=O) groups excluding carboxylic acids is 2. The molecule has 1 aromatic rings. The fourth-order valence-corrected chi connectivity index (χ4v) is 1.61. The average molecular weight is 254 g/mol. The van der Waals surface area contributed by atoms with E-state index in [4.69, 9.17) is 9.26 Å². The lowest BCUT2D eigenvalue weighted by Gasteiger charge is -2.16. The van der Waals surface area contributed by atoms with Crippen LogP contribution in [-0.2, 0) is 4.74 Å². The van der Waals surface area contributed by atoms with Crippen molar-refractivity contribution in [3.63, 3.8) is 0 Å². The topological polar surface area (TPSA) is 72.6 Å². The van der Waals surface area contributed by atoms with Crippen LogP contribution in [0.4, 0.5) is 0 Å². The molecule has 0 saturated heterocycles. The number of esters is 1. The van der Waals surface area contributed by atoms with Gasteiger partial charge in [-0.25, -0.2) is 4.79 Å². The zero-order chi connectivity index (χ0) is 13.7. The number of aromatic nitrogens is 1. The monoisotopic (exact) mass is 254 g/mol. The Morgan fingerprint density at radius 1 is 1.28 bits per heavy atom. The zero-order valence-corrected chi connectivity index (χ0v) is 11.1. The van der Waals surface area contributed by atoms with Gasteiger partial charge in [0.15, 0.2) is 0 Å². The number of rotatable bonds is 5. The van der Waals surface area contributed by atoms with E-state index in [-0.39, 0.29) is 23.8 Å². The maximum atomic E-state index is 12.1. The third-order valence-electron chi connectivity index (χ3n) is 2.59. The van der Waals surface area contributed by atoms with E-state index in [0.29, 0.717) is 18.8 Å². The van der Waals surface area contributed by atoms with Crippen molar-refractivity contribution < 1.29 is 18.8 Å². The Kier molecular flexibility index (Phi) is 4.88. The molecule has 1 heterocycles. The van der Waals surface area contributed by atoms with Gasteiger partial charge in [-0.05, 0) is 27.7 Å². The fourth-order valence-electron chi connectivity index (χ4n) is 1.61. The van der Waals surface area contributed by atoms with Gasteiger partial charge >= 0.3 is 5.97 Å². The lowest BCUT2D eigenvalue weighted by Crippen LogP contribution is -2.31. The highest BCUT2D eigenvalue weighted by Gasteiger charge is 2.29. The molecule has 1 rings (SSSR count). The van der Waals surface area contributed by atoms with E-state index in [2.05, 4.69) is 5.16 Å². The predicted molar refractivity (Wildman–Crippen MR) is 64.4 cm³/mol. The first-order chi connectivity index (χ1) is 8.56. The number of aryl methyl sites for hydroxylation is 1. The standard InChI is InChI=1S/C12H18N2O4/c1-5-14(6-2)11(15)10-9(8(4)13-18-10)12(16)17-7-3/h5-7H2,1-4H3. The molecule has 0 spiro atoms. The minimum absolute atomic E-state index is 0.0466. The van der Waals surface area contributed by atoms with E-state index >= 15 is 0 Å². The van der Waals surface area contributed by atoms with Crippen molar-refractivity contribution in [1.29, 1.82) is 0 Å². The van der Waals surface area contributed by atoms with Crippen LogP contribution >= 0.6 is 0 Å². The summed E-state index contributed by atoms with van der Waals surface area (Å²) in [5, 5.41) is 3.67. The van der Waals surface area contributed by atoms with E-state index < -0.39 is 5.97 Å². The van der Waals surface area contributed by atoms with Crippen LogP contribution in [0.5, 0.6) is 0 Å². The summed E-state index contributed by atoms with van der Waals surface area (Å²) in [6.45, 7) is 8.34. The van der Waals surface area contributed by atoms with E-state index in [1.807, 2.05) is 13.8 Å². The first-order valence-corrected chi connectivity index (χ1v) is 5.99. The highest BCUT2D eigenvalue weighted by molar-refractivity contribution is 6.03. The first-order valence-electron chi connectivity index (χ1n) is 5.99. The second-order valence-electron chi connectivity index (χ2n) is 3.67. The summed E-state index contributed by atoms with van der Waals surface area (Å²) < 4.78 is 9.86. The molecule has 0 aliphatic carbocycles. The summed E-state index contributed by atoms with van der Waals surface area (Å²) in [7, 11) is 0. The van der Waals surface area contributed by atoms with Crippen LogP contribution in [0.3, 0.4) is 0 Å². The summed E-state index contributed by atoms with van der Waals surface area (Å²) in [4.78, 5) is 25.5. The molecular formula is C12H18N2O4. The predicted octanol–water partition coefficient (Wildman–Crippen LogP) is 1.64. The van der Waals surface area contributed by atoms with E-state index in [0.717, 1.165) is 0 Å². The SMILES string of the molecule is CCOC(=O)c1c(C)noc1C(=O)N(CC)CC. The van der Waals surface area contributed by atoms with E-state index in [1.165, 1.54) is 0 Å². The van der Waals surface area contributed by atoms with Crippen molar-refractivity contribution in [2.75, 3.05) is 19.7 Å². The Morgan fingerprint density at radius 3 is 2.39 bits per heavy atom. The Balaban J connectivity index is 3.10. The lowest BCUT2D eigenvalue weighted by atomic mass is 10.2. The van der Waals surface area contributed by atoms with Gasteiger partial charge in [-0.15, -0.1) is 0 Å². The number of ether oxygens (including phenoxy) is 1. The third-order valence-corrected chi connectivity index (χ3v) is 2.59. The van der Waals surface area contributed by atoms with Crippen molar-refractivity contribution >= 4 is 11.9 Å². The number of nitrogens with zero attached hydrogens (tertiary/aromatic N) is 2. The van der Waals surface area contributed by atoms with E-state index in [1.54, 1.807) is 18.7 Å². The number of hydrogen-bond donors (Lipinski definition) is 0. The lowest BCUT2D eigenvalue weighted by molar-refractivity contribution is 0.0514. The molecule has 6 heteroatoms. The number of carbonyl (C=O) groups is 2. The van der Waals surface area contributed by atoms with Crippen molar-refractivity contribution in [2.24, 2.45) is 0 Å². The van der Waals surface area contributed by atoms with Crippen molar-refractivity contribution in [2.45, 2.75) is 27.7 Å². The van der Waals surface area contributed by atoms with Crippen LogP contribution < -0.4 is 0 Å². The normalized spacial score (nSPS) is 10.2. The van der Waals surface area contributed by atoms with Gasteiger partial charge < -0.3 is 14.2 Å². The fraction of sp³-hybridized carbons (Fsp3) is 0.583. The minimum atomic E-state index is -0.577. The van der Waals surface area contributed by atoms with Crippen LogP contribution in [0.2, 0.25) is 0 Å². The first kappa shape index (κ1) is 14.2. The van der Waals surface area contributed by atoms with Crippen molar-refractivity contribution in [1.82, 2.24) is 10.1 Å². The van der Waals surface area contributed by atoms with Crippen molar-refractivity contribution in [3.05, 3.63) is 17.0 Å². The Labute approximate surface area is 106 Å². The third kappa shape index (κ3) is 2.69. The molecule has 100 valence electrons. The molecule has 0 aliphatic rings. The molecule has 1 amide bonds. The van der Waals surface area contributed by atoms with Gasteiger partial charge in [0.2, 0.25) is 5.76 Å². The molecule has 0 bridgehead atoms. The Morgan fingerprint density at radius 2 is 1.89 bits per heavy atom. The van der Waals surface area contributed by atoms with Crippen LogP contribution in [0.1, 0.15) is 47.4 Å². The quantitative estimate of drug-likeness (QED) is 0.747. The molecule has 0 aliphatic heterocycles. The molecular weight excluding hydrogens is 236 g/mol. The molecule has 0 atom stereocenters. The van der Waals surface area contributed by atoms with Crippen LogP contribution in [0.15, 0.2) is 4.52 Å². The minimum Gasteiger partial charge on any atom is -0.462 e. The Bertz CT molecular complexity index is 435. The molecule has 0 N–H and O–H groups in total. The van der Waals surface area contributed by atoms with Gasteiger partial charge in [0.25, 0.3) is 5.91 Å². The zero-order valence-electron chi connectivity index (χ0n) is 11.1. The number of amides is 1. The van der Waals surface area contributed by atoms with Gasteiger partial charge in [-0.3, -0.25) is 4.79 Å². The second kappa shape index (κ2) is 6.18. The molecule has 6 nitrogen and oxygen atoms in total. The largest absolute Gasteiger partial charge is 0.462 e. The molecule has 0 radical (unpaired) electrons. The second-order valence-corrected chi connectivity index (χ2v) is 3.67. The number of hydrogen-bond acceptors (Lipinski definition) is 5. The molecule has 1 aromatic heterocycles. The van der Waals surface area contributed by atoms with Crippen LogP contribution in [-0.4, -0.2) is 41.6 Å². The maximum Gasteiger partial charge on any atom is 0.344 e. The van der Waals surface area contributed by atoms with Gasteiger partial charge in [0, 0.05) is 13.1 Å². The van der Waals surface area contributed by atoms with Gasteiger partial charge in [-0.1, -0.05) is 5.16 Å². The van der Waals surface area contributed by atoms with Crippen LogP contribution in [0, 0.1) is 6.92 Å². The maximum absolute atomic E-state index is 12.1. The van der Waals surface area contributed by atoms with Crippen molar-refractivity contribution in [3.8, 4) is 0 Å².